The van der Waals surface area contributed by atoms with Gasteiger partial charge in [0, 0.05) is 29.9 Å². The van der Waals surface area contributed by atoms with Gasteiger partial charge in [0.2, 0.25) is 5.91 Å². The van der Waals surface area contributed by atoms with Crippen molar-refractivity contribution in [3.8, 4) is 0 Å². The molecular weight excluding hydrogens is 464 g/mol. The van der Waals surface area contributed by atoms with Gasteiger partial charge in [-0.25, -0.2) is 14.2 Å². The highest BCUT2D eigenvalue weighted by Crippen LogP contribution is 2.29. The topological polar surface area (TPSA) is 99.8 Å². The Balaban J connectivity index is 1.54. The number of hydrogen-bond acceptors (Lipinski definition) is 6. The summed E-state index contributed by atoms with van der Waals surface area (Å²) in [7, 11) is 1.84. The van der Waals surface area contributed by atoms with Gasteiger partial charge in [0.05, 0.1) is 24.7 Å². The highest BCUT2D eigenvalue weighted by atomic mass is 19.1. The van der Waals surface area contributed by atoms with Crippen molar-refractivity contribution in [1.82, 2.24) is 10.9 Å². The predicted molar refractivity (Wildman–Crippen MR) is 135 cm³/mol. The largest absolute Gasteiger partial charge is 0.370 e. The van der Waals surface area contributed by atoms with E-state index in [-0.39, 0.29) is 18.5 Å². The number of Topliss-reactive ketones (excluding diaryl/α,β-unsaturated/α-hetero) is 1. The molecule has 3 aromatic carbocycles. The number of aliphatic imine (C=N–C) groups is 1. The minimum Gasteiger partial charge on any atom is -0.370 e. The first-order valence-corrected chi connectivity index (χ1v) is 11.4. The number of likely N-dealkylation sites (N-methyl/N-ethyl adjacent to an activating group) is 1. The lowest BCUT2D eigenvalue weighted by Gasteiger charge is -2.31. The van der Waals surface area contributed by atoms with Crippen LogP contribution in [-0.2, 0) is 16.0 Å². The van der Waals surface area contributed by atoms with E-state index in [0.717, 1.165) is 35.0 Å². The van der Waals surface area contributed by atoms with Crippen molar-refractivity contribution in [3.05, 3.63) is 101 Å². The summed E-state index contributed by atoms with van der Waals surface area (Å²) >= 11 is 0. The molecule has 186 valence electrons. The molecule has 4 N–H and O–H groups in total. The number of nitrogens with two attached hydrogens (primary N) is 1. The monoisotopic (exact) mass is 491 g/mol. The lowest BCUT2D eigenvalue weighted by molar-refractivity contribution is -0.126. The van der Waals surface area contributed by atoms with Crippen LogP contribution in [0.3, 0.4) is 0 Å². The van der Waals surface area contributed by atoms with E-state index in [1.807, 2.05) is 66.5 Å². The molecule has 2 atom stereocenters. The first-order valence-electron chi connectivity index (χ1n) is 11.4. The van der Waals surface area contributed by atoms with Gasteiger partial charge >= 0.3 is 0 Å². The highest BCUT2D eigenvalue weighted by Gasteiger charge is 2.41. The van der Waals surface area contributed by atoms with Crippen LogP contribution in [0.15, 0.2) is 77.8 Å². The van der Waals surface area contributed by atoms with Crippen LogP contribution < -0.4 is 21.5 Å². The normalized spacial score (nSPS) is 18.0. The Hall–Kier alpha value is -3.95. The number of nitrogens with one attached hydrogen (secondary N) is 2. The first kappa shape index (κ1) is 25.2. The number of hydrazine groups is 1. The summed E-state index contributed by atoms with van der Waals surface area (Å²) in [5.41, 5.74) is 13.4. The molecule has 0 aliphatic carbocycles. The van der Waals surface area contributed by atoms with Gasteiger partial charge in [-0.2, -0.15) is 0 Å². The zero-order chi connectivity index (χ0) is 25.9. The summed E-state index contributed by atoms with van der Waals surface area (Å²) in [5.74, 6) is -2.55. The number of para-hydroxylation sites is 1. The van der Waals surface area contributed by atoms with Gasteiger partial charge in [-0.3, -0.25) is 25.7 Å². The lowest BCUT2D eigenvalue weighted by Crippen LogP contribution is -2.61. The minimum atomic E-state index is -1.62. The number of benzodiazepines with no additional fused rings is 1. The molecule has 0 saturated heterocycles. The van der Waals surface area contributed by atoms with Crippen molar-refractivity contribution in [2.75, 3.05) is 18.5 Å². The van der Waals surface area contributed by atoms with Crippen molar-refractivity contribution in [2.24, 2.45) is 10.7 Å². The second-order valence-corrected chi connectivity index (χ2v) is 8.86. The van der Waals surface area contributed by atoms with Crippen molar-refractivity contribution in [1.29, 1.82) is 0 Å². The van der Waals surface area contributed by atoms with E-state index in [4.69, 9.17) is 10.7 Å². The molecule has 4 rings (SSSR count). The molecule has 36 heavy (non-hydrogen) atoms. The average Bonchev–Trinajstić information content (AvgIpc) is 2.96. The summed E-state index contributed by atoms with van der Waals surface area (Å²) in [6.45, 7) is 1.68. The summed E-state index contributed by atoms with van der Waals surface area (Å²) in [4.78, 5) is 32.5. The molecule has 0 radical (unpaired) electrons. The first-order chi connectivity index (χ1) is 17.2. The maximum absolute atomic E-state index is 13.5. The number of nitrogens with zero attached hydrogens (tertiary/aromatic N) is 2. The zero-order valence-corrected chi connectivity index (χ0v) is 20.0. The molecule has 1 aliphatic rings. The minimum absolute atomic E-state index is 0.113. The maximum Gasteiger partial charge on any atom is 0.238 e. The van der Waals surface area contributed by atoms with E-state index in [9.17, 15) is 18.4 Å². The molecule has 0 bridgehead atoms. The number of carbonyl (C=O) groups is 2. The second kappa shape index (κ2) is 10.3. The molecular formula is C27H27F2N5O2. The molecule has 3 aromatic rings. The number of ketones is 1. The third-order valence-electron chi connectivity index (χ3n) is 5.94. The number of benzene rings is 3. The van der Waals surface area contributed by atoms with Gasteiger partial charge in [-0.05, 0) is 30.7 Å². The van der Waals surface area contributed by atoms with Gasteiger partial charge < -0.3 is 4.90 Å². The SMILES string of the molecule is C[C@H](NNC(=O)Cc1cc(F)cc(F)c1)C(=O)C1(N)CN(C)c2ccccc2C(c2ccccc2)=N1. The molecule has 7 nitrogen and oxygen atoms in total. The number of hydrogen-bond donors (Lipinski definition) is 3. The summed E-state index contributed by atoms with van der Waals surface area (Å²) in [6.07, 6.45) is -0.273. The van der Waals surface area contributed by atoms with Gasteiger partial charge in [0.25, 0.3) is 0 Å². The van der Waals surface area contributed by atoms with E-state index < -0.39 is 35.0 Å². The quantitative estimate of drug-likeness (QED) is 0.442. The third kappa shape index (κ3) is 5.48. The van der Waals surface area contributed by atoms with Crippen LogP contribution in [0.4, 0.5) is 14.5 Å². The maximum atomic E-state index is 13.5. The Labute approximate surface area is 208 Å². The zero-order valence-electron chi connectivity index (χ0n) is 20.0. The number of amides is 1. The Kier molecular flexibility index (Phi) is 7.23. The van der Waals surface area contributed by atoms with Gasteiger partial charge in [0.15, 0.2) is 11.4 Å². The van der Waals surface area contributed by atoms with E-state index in [1.54, 1.807) is 6.92 Å². The predicted octanol–water partition coefficient (Wildman–Crippen LogP) is 2.73. The summed E-state index contributed by atoms with van der Waals surface area (Å²) in [5, 5.41) is 0. The van der Waals surface area contributed by atoms with Crippen LogP contribution in [0, 0.1) is 11.6 Å². The summed E-state index contributed by atoms with van der Waals surface area (Å²) < 4.78 is 26.8. The fourth-order valence-electron chi connectivity index (χ4n) is 4.27. The van der Waals surface area contributed by atoms with E-state index in [0.29, 0.717) is 5.71 Å². The fourth-order valence-corrected chi connectivity index (χ4v) is 4.27. The molecule has 0 fully saturated rings. The Bertz CT molecular complexity index is 1290. The fraction of sp³-hybridized carbons (Fsp3) is 0.222. The standard InChI is InChI=1S/C27H27F2N5O2/c1-17(32-33-24(35)14-18-12-20(28)15-21(29)13-18)26(36)27(30)16-34(2)23-11-7-6-10-22(23)25(31-27)19-8-4-3-5-9-19/h3-13,15,17,32H,14,16,30H2,1-2H3,(H,33,35)/t17-,27?/m0/s1. The van der Waals surface area contributed by atoms with Crippen LogP contribution in [0.5, 0.6) is 0 Å². The highest BCUT2D eigenvalue weighted by molar-refractivity contribution is 6.17. The average molecular weight is 492 g/mol. The Morgan fingerprint density at radius 2 is 1.69 bits per heavy atom. The molecule has 9 heteroatoms. The number of carbonyl (C=O) groups excluding carboxylic acids is 2. The van der Waals surface area contributed by atoms with Crippen LogP contribution in [0.2, 0.25) is 0 Å². The van der Waals surface area contributed by atoms with Gasteiger partial charge in [-0.1, -0.05) is 48.5 Å². The Morgan fingerprint density at radius 3 is 2.39 bits per heavy atom. The third-order valence-corrected chi connectivity index (χ3v) is 5.94. The van der Waals surface area contributed by atoms with Crippen molar-refractivity contribution in [2.45, 2.75) is 25.0 Å². The number of fused-ring (bicyclic) bond motifs is 1. The number of halogens is 2. The molecule has 1 unspecified atom stereocenters. The molecule has 0 aromatic heterocycles. The van der Waals surface area contributed by atoms with Crippen molar-refractivity contribution in [3.63, 3.8) is 0 Å². The second-order valence-electron chi connectivity index (χ2n) is 8.86. The summed E-state index contributed by atoms with van der Waals surface area (Å²) in [6, 6.07) is 19.2. The van der Waals surface area contributed by atoms with Crippen molar-refractivity contribution < 1.29 is 18.4 Å². The smallest absolute Gasteiger partial charge is 0.238 e. The van der Waals surface area contributed by atoms with Gasteiger partial charge in [-0.15, -0.1) is 0 Å². The Morgan fingerprint density at radius 1 is 1.06 bits per heavy atom. The number of anilines is 1. The van der Waals surface area contributed by atoms with Crippen LogP contribution >= 0.6 is 0 Å². The molecule has 0 spiro atoms. The van der Waals surface area contributed by atoms with Crippen molar-refractivity contribution >= 4 is 23.1 Å². The molecule has 1 heterocycles. The molecule has 0 saturated carbocycles. The van der Waals surface area contributed by atoms with Crippen LogP contribution in [-0.4, -0.2) is 42.7 Å². The van der Waals surface area contributed by atoms with Crippen LogP contribution in [0.25, 0.3) is 0 Å². The molecule has 1 aliphatic heterocycles. The number of rotatable bonds is 7. The van der Waals surface area contributed by atoms with Crippen LogP contribution in [0.1, 0.15) is 23.6 Å². The van der Waals surface area contributed by atoms with E-state index >= 15 is 0 Å². The van der Waals surface area contributed by atoms with E-state index in [1.165, 1.54) is 0 Å². The van der Waals surface area contributed by atoms with E-state index in [2.05, 4.69) is 10.9 Å². The van der Waals surface area contributed by atoms with Gasteiger partial charge in [0.1, 0.15) is 11.6 Å². The lowest BCUT2D eigenvalue weighted by atomic mass is 9.98. The molecule has 1 amide bonds.